The van der Waals surface area contributed by atoms with Crippen LogP contribution >= 0.6 is 23.2 Å². The molecule has 2 amide bonds. The Labute approximate surface area is 247 Å². The van der Waals surface area contributed by atoms with Crippen LogP contribution in [0.1, 0.15) is 44.7 Å². The molecule has 1 N–H and O–H groups in total. The topological polar surface area (TPSA) is 86.8 Å². The molecule has 214 valence electrons. The number of hydrogen-bond acceptors (Lipinski definition) is 4. The summed E-state index contributed by atoms with van der Waals surface area (Å²) in [7, 11) is -4.18. The molecule has 0 saturated carbocycles. The zero-order valence-corrected chi connectivity index (χ0v) is 25.4. The summed E-state index contributed by atoms with van der Waals surface area (Å²) >= 11 is 12.4. The van der Waals surface area contributed by atoms with Gasteiger partial charge >= 0.3 is 0 Å². The highest BCUT2D eigenvalue weighted by Gasteiger charge is 2.34. The molecule has 0 aliphatic carbocycles. The fourth-order valence-corrected chi connectivity index (χ4v) is 6.06. The quantitative estimate of drug-likeness (QED) is 0.266. The summed E-state index contributed by atoms with van der Waals surface area (Å²) in [5.74, 6) is -0.841. The standard InChI is InChI=1S/C30H35Cl2N3O4S/c1-5-22(4)33-30(37)27(6-2)34(19-23-12-8-9-13-26(23)32)29(36)20-35(28-14-10-7-11-21(28)3)40(38,39)25-17-15-24(31)16-18-25/h7-18,22,27H,5-6,19-20H2,1-4H3,(H,33,37)/t22-,27+/m0/s1. The van der Waals surface area contributed by atoms with E-state index in [2.05, 4.69) is 5.32 Å². The fourth-order valence-electron chi connectivity index (χ4n) is 4.26. The number of halogens is 2. The van der Waals surface area contributed by atoms with Crippen molar-refractivity contribution in [2.24, 2.45) is 0 Å². The summed E-state index contributed by atoms with van der Waals surface area (Å²) in [4.78, 5) is 28.9. The lowest BCUT2D eigenvalue weighted by atomic mass is 10.1. The Morgan fingerprint density at radius 2 is 1.52 bits per heavy atom. The molecule has 3 aromatic rings. The molecule has 40 heavy (non-hydrogen) atoms. The van der Waals surface area contributed by atoms with Gasteiger partial charge in [-0.15, -0.1) is 0 Å². The maximum atomic E-state index is 14.1. The summed E-state index contributed by atoms with van der Waals surface area (Å²) in [6.45, 7) is 6.96. The maximum absolute atomic E-state index is 14.1. The minimum Gasteiger partial charge on any atom is -0.352 e. The maximum Gasteiger partial charge on any atom is 0.264 e. The number of carbonyl (C=O) groups is 2. The zero-order chi connectivity index (χ0) is 29.4. The van der Waals surface area contributed by atoms with E-state index in [9.17, 15) is 18.0 Å². The molecule has 7 nitrogen and oxygen atoms in total. The average molecular weight is 605 g/mol. The lowest BCUT2D eigenvalue weighted by Gasteiger charge is -2.34. The zero-order valence-electron chi connectivity index (χ0n) is 23.1. The molecule has 0 spiro atoms. The minimum atomic E-state index is -4.18. The first kappa shape index (κ1) is 31.5. The van der Waals surface area contributed by atoms with E-state index in [-0.39, 0.29) is 23.4 Å². The Morgan fingerprint density at radius 3 is 2.12 bits per heavy atom. The van der Waals surface area contributed by atoms with E-state index in [0.29, 0.717) is 33.3 Å². The van der Waals surface area contributed by atoms with Gasteiger partial charge in [-0.1, -0.05) is 73.4 Å². The van der Waals surface area contributed by atoms with Gasteiger partial charge in [-0.3, -0.25) is 13.9 Å². The number of sulfonamides is 1. The second-order valence-corrected chi connectivity index (χ2v) is 12.3. The second-order valence-electron chi connectivity index (χ2n) is 9.61. The molecule has 3 aromatic carbocycles. The summed E-state index contributed by atoms with van der Waals surface area (Å²) in [6, 6.07) is 18.9. The van der Waals surface area contributed by atoms with Gasteiger partial charge in [0.2, 0.25) is 11.8 Å². The van der Waals surface area contributed by atoms with Crippen molar-refractivity contribution in [1.29, 1.82) is 0 Å². The van der Waals surface area contributed by atoms with Gasteiger partial charge in [0.25, 0.3) is 10.0 Å². The highest BCUT2D eigenvalue weighted by Crippen LogP contribution is 2.28. The molecule has 0 heterocycles. The molecule has 0 unspecified atom stereocenters. The van der Waals surface area contributed by atoms with Crippen LogP contribution in [0.15, 0.2) is 77.7 Å². The van der Waals surface area contributed by atoms with Crippen molar-refractivity contribution in [3.05, 3.63) is 94.0 Å². The van der Waals surface area contributed by atoms with Crippen LogP contribution in [0.25, 0.3) is 0 Å². The number of carbonyl (C=O) groups excluding carboxylic acids is 2. The molecule has 0 aromatic heterocycles. The Balaban J connectivity index is 2.08. The van der Waals surface area contributed by atoms with Gasteiger partial charge in [-0.05, 0) is 74.2 Å². The van der Waals surface area contributed by atoms with Crippen LogP contribution in [0.5, 0.6) is 0 Å². The predicted octanol–water partition coefficient (Wildman–Crippen LogP) is 6.22. The summed E-state index contributed by atoms with van der Waals surface area (Å²) in [5, 5.41) is 3.80. The van der Waals surface area contributed by atoms with Crippen molar-refractivity contribution in [2.45, 2.75) is 64.1 Å². The lowest BCUT2D eigenvalue weighted by molar-refractivity contribution is -0.140. The molecule has 0 saturated heterocycles. The summed E-state index contributed by atoms with van der Waals surface area (Å²) in [6.07, 6.45) is 1.05. The Hall–Kier alpha value is -3.07. The van der Waals surface area contributed by atoms with E-state index in [1.807, 2.05) is 20.8 Å². The molecule has 0 aliphatic rings. The van der Waals surface area contributed by atoms with Gasteiger partial charge in [-0.2, -0.15) is 0 Å². The number of amides is 2. The number of nitrogens with one attached hydrogen (secondary N) is 1. The molecule has 10 heteroatoms. The fraction of sp³-hybridized carbons (Fsp3) is 0.333. The van der Waals surface area contributed by atoms with Crippen molar-refractivity contribution in [1.82, 2.24) is 10.2 Å². The summed E-state index contributed by atoms with van der Waals surface area (Å²) < 4.78 is 29.0. The van der Waals surface area contributed by atoms with E-state index in [0.717, 1.165) is 10.7 Å². The van der Waals surface area contributed by atoms with Gasteiger partial charge in [0.1, 0.15) is 12.6 Å². The third-order valence-electron chi connectivity index (χ3n) is 6.75. The predicted molar refractivity (Wildman–Crippen MR) is 161 cm³/mol. The Morgan fingerprint density at radius 1 is 0.900 bits per heavy atom. The van der Waals surface area contributed by atoms with Crippen LogP contribution < -0.4 is 9.62 Å². The molecule has 0 radical (unpaired) electrons. The third kappa shape index (κ3) is 7.56. The van der Waals surface area contributed by atoms with Gasteiger partial charge in [0, 0.05) is 22.6 Å². The molecule has 3 rings (SSSR count). The van der Waals surface area contributed by atoms with Crippen LogP contribution in [0.3, 0.4) is 0 Å². The van der Waals surface area contributed by atoms with Gasteiger partial charge in [0.05, 0.1) is 10.6 Å². The highest BCUT2D eigenvalue weighted by atomic mass is 35.5. The third-order valence-corrected chi connectivity index (χ3v) is 9.14. The largest absolute Gasteiger partial charge is 0.352 e. The molecular formula is C30H35Cl2N3O4S. The number of benzene rings is 3. The van der Waals surface area contributed by atoms with E-state index >= 15 is 0 Å². The van der Waals surface area contributed by atoms with Crippen molar-refractivity contribution in [2.75, 3.05) is 10.8 Å². The van der Waals surface area contributed by atoms with Gasteiger partial charge in [0.15, 0.2) is 0 Å². The number of para-hydroxylation sites is 1. The van der Waals surface area contributed by atoms with Crippen LogP contribution in [0, 0.1) is 6.92 Å². The Kier molecular flexibility index (Phi) is 11.0. The highest BCUT2D eigenvalue weighted by molar-refractivity contribution is 7.92. The first-order chi connectivity index (χ1) is 19.0. The molecule has 0 bridgehead atoms. The average Bonchev–Trinajstić information content (AvgIpc) is 2.93. The van der Waals surface area contributed by atoms with E-state index in [1.54, 1.807) is 55.5 Å². The van der Waals surface area contributed by atoms with Crippen LogP contribution in [-0.4, -0.2) is 43.8 Å². The van der Waals surface area contributed by atoms with E-state index in [1.165, 1.54) is 29.2 Å². The van der Waals surface area contributed by atoms with Gasteiger partial charge < -0.3 is 10.2 Å². The first-order valence-corrected chi connectivity index (χ1v) is 15.4. The summed E-state index contributed by atoms with van der Waals surface area (Å²) in [5.41, 5.74) is 1.68. The van der Waals surface area contributed by atoms with Crippen molar-refractivity contribution in [3.8, 4) is 0 Å². The monoisotopic (exact) mass is 603 g/mol. The van der Waals surface area contributed by atoms with Crippen LogP contribution in [0.2, 0.25) is 10.0 Å². The lowest BCUT2D eigenvalue weighted by Crippen LogP contribution is -2.53. The minimum absolute atomic E-state index is 0.00726. The number of rotatable bonds is 12. The normalized spacial score (nSPS) is 12.8. The van der Waals surface area contributed by atoms with Crippen molar-refractivity contribution >= 4 is 50.7 Å². The SMILES string of the molecule is CC[C@H](C(=O)N[C@@H](C)CC)N(Cc1ccccc1Cl)C(=O)CN(c1ccccc1C)S(=O)(=O)c1ccc(Cl)cc1. The van der Waals surface area contributed by atoms with E-state index in [4.69, 9.17) is 23.2 Å². The second kappa shape index (κ2) is 14.0. The smallest absolute Gasteiger partial charge is 0.264 e. The number of nitrogens with zero attached hydrogens (tertiary/aromatic N) is 2. The number of hydrogen-bond donors (Lipinski definition) is 1. The number of aryl methyl sites for hydroxylation is 1. The number of anilines is 1. The van der Waals surface area contributed by atoms with E-state index < -0.39 is 28.5 Å². The Bertz CT molecular complexity index is 1430. The molecule has 0 fully saturated rings. The van der Waals surface area contributed by atoms with Crippen LogP contribution in [-0.2, 0) is 26.2 Å². The molecular weight excluding hydrogens is 569 g/mol. The van der Waals surface area contributed by atoms with Crippen molar-refractivity contribution in [3.63, 3.8) is 0 Å². The van der Waals surface area contributed by atoms with Crippen LogP contribution in [0.4, 0.5) is 5.69 Å². The van der Waals surface area contributed by atoms with Gasteiger partial charge in [-0.25, -0.2) is 8.42 Å². The molecule has 2 atom stereocenters. The first-order valence-electron chi connectivity index (χ1n) is 13.2. The van der Waals surface area contributed by atoms with Crippen molar-refractivity contribution < 1.29 is 18.0 Å². The molecule has 0 aliphatic heterocycles.